The fourth-order valence-corrected chi connectivity index (χ4v) is 1.79. The minimum Gasteiger partial charge on any atom is -0.393 e. The quantitative estimate of drug-likeness (QED) is 0.730. The number of rotatable bonds is 2. The molecule has 1 aliphatic rings. The van der Waals surface area contributed by atoms with Gasteiger partial charge < -0.3 is 10.0 Å². The van der Waals surface area contributed by atoms with Crippen molar-refractivity contribution in [3.05, 3.63) is 0 Å². The van der Waals surface area contributed by atoms with Crippen molar-refractivity contribution in [2.75, 3.05) is 13.1 Å². The first-order valence-corrected chi connectivity index (χ1v) is 5.62. The standard InChI is InChI=1S/C11H21NO2/c1-3-9(2)11(14)12-7-4-5-10(13)6-8-12/h9-10,13H,3-8H2,1-2H3. The van der Waals surface area contributed by atoms with Gasteiger partial charge in [0.1, 0.15) is 0 Å². The molecule has 3 nitrogen and oxygen atoms in total. The molecule has 0 radical (unpaired) electrons. The second-order valence-electron chi connectivity index (χ2n) is 4.22. The largest absolute Gasteiger partial charge is 0.393 e. The highest BCUT2D eigenvalue weighted by molar-refractivity contribution is 5.78. The number of amides is 1. The van der Waals surface area contributed by atoms with E-state index in [4.69, 9.17) is 0 Å². The zero-order valence-electron chi connectivity index (χ0n) is 9.20. The lowest BCUT2D eigenvalue weighted by Gasteiger charge is -2.23. The average Bonchev–Trinajstić information content (AvgIpc) is 2.40. The summed E-state index contributed by atoms with van der Waals surface area (Å²) in [5, 5.41) is 9.45. The molecule has 0 aromatic carbocycles. The van der Waals surface area contributed by atoms with Crippen molar-refractivity contribution in [1.29, 1.82) is 0 Å². The number of nitrogens with zero attached hydrogens (tertiary/aromatic N) is 1. The lowest BCUT2D eigenvalue weighted by atomic mass is 10.1. The van der Waals surface area contributed by atoms with E-state index in [2.05, 4.69) is 0 Å². The van der Waals surface area contributed by atoms with Gasteiger partial charge in [-0.3, -0.25) is 4.79 Å². The molecule has 1 aliphatic heterocycles. The van der Waals surface area contributed by atoms with Gasteiger partial charge in [0.25, 0.3) is 0 Å². The summed E-state index contributed by atoms with van der Waals surface area (Å²) in [6.07, 6.45) is 3.21. The van der Waals surface area contributed by atoms with Crippen LogP contribution in [0.2, 0.25) is 0 Å². The van der Waals surface area contributed by atoms with Gasteiger partial charge in [0, 0.05) is 19.0 Å². The van der Waals surface area contributed by atoms with E-state index >= 15 is 0 Å². The van der Waals surface area contributed by atoms with Crippen LogP contribution < -0.4 is 0 Å². The van der Waals surface area contributed by atoms with Crippen LogP contribution in [0, 0.1) is 5.92 Å². The predicted octanol–water partition coefficient (Wildman–Crippen LogP) is 1.41. The zero-order chi connectivity index (χ0) is 10.6. The van der Waals surface area contributed by atoms with Gasteiger partial charge >= 0.3 is 0 Å². The molecule has 0 aromatic heterocycles. The summed E-state index contributed by atoms with van der Waals surface area (Å²) in [6, 6.07) is 0. The second kappa shape index (κ2) is 5.35. The summed E-state index contributed by atoms with van der Waals surface area (Å²) < 4.78 is 0. The number of carbonyl (C=O) groups is 1. The third-order valence-corrected chi connectivity index (χ3v) is 3.04. The Labute approximate surface area is 86.1 Å². The third-order valence-electron chi connectivity index (χ3n) is 3.04. The second-order valence-corrected chi connectivity index (χ2v) is 4.22. The lowest BCUT2D eigenvalue weighted by Crippen LogP contribution is -2.35. The van der Waals surface area contributed by atoms with Crippen LogP contribution in [-0.4, -0.2) is 35.1 Å². The van der Waals surface area contributed by atoms with Crippen LogP contribution >= 0.6 is 0 Å². The maximum absolute atomic E-state index is 11.8. The van der Waals surface area contributed by atoms with Crippen LogP contribution in [0.1, 0.15) is 39.5 Å². The van der Waals surface area contributed by atoms with E-state index in [1.54, 1.807) is 0 Å². The number of aliphatic hydroxyl groups excluding tert-OH is 1. The maximum Gasteiger partial charge on any atom is 0.225 e. The minimum absolute atomic E-state index is 0.130. The molecule has 1 N–H and O–H groups in total. The van der Waals surface area contributed by atoms with E-state index in [9.17, 15) is 9.90 Å². The van der Waals surface area contributed by atoms with Gasteiger partial charge in [0.05, 0.1) is 6.10 Å². The maximum atomic E-state index is 11.8. The van der Waals surface area contributed by atoms with Crippen molar-refractivity contribution in [2.24, 2.45) is 5.92 Å². The van der Waals surface area contributed by atoms with Crippen molar-refractivity contribution < 1.29 is 9.90 Å². The Morgan fingerprint density at radius 3 is 2.86 bits per heavy atom. The Morgan fingerprint density at radius 2 is 2.21 bits per heavy atom. The van der Waals surface area contributed by atoms with Crippen LogP contribution in [0.15, 0.2) is 0 Å². The number of hydrogen-bond acceptors (Lipinski definition) is 2. The SMILES string of the molecule is CCC(C)C(=O)N1CCCC(O)CC1. The third kappa shape index (κ3) is 2.98. The molecule has 1 rings (SSSR count). The van der Waals surface area contributed by atoms with E-state index in [0.717, 1.165) is 38.8 Å². The first-order valence-electron chi connectivity index (χ1n) is 5.62. The van der Waals surface area contributed by atoms with E-state index in [1.807, 2.05) is 18.7 Å². The van der Waals surface area contributed by atoms with Gasteiger partial charge in [0.2, 0.25) is 5.91 Å². The number of aliphatic hydroxyl groups is 1. The molecule has 2 atom stereocenters. The van der Waals surface area contributed by atoms with Crippen molar-refractivity contribution in [3.8, 4) is 0 Å². The molecular formula is C11H21NO2. The van der Waals surface area contributed by atoms with Crippen molar-refractivity contribution in [3.63, 3.8) is 0 Å². The molecule has 1 amide bonds. The normalized spacial score (nSPS) is 25.6. The van der Waals surface area contributed by atoms with Crippen LogP contribution in [-0.2, 0) is 4.79 Å². The summed E-state index contributed by atoms with van der Waals surface area (Å²) >= 11 is 0. The summed E-state index contributed by atoms with van der Waals surface area (Å²) in [6.45, 7) is 5.56. The molecule has 2 unspecified atom stereocenters. The smallest absolute Gasteiger partial charge is 0.225 e. The van der Waals surface area contributed by atoms with Gasteiger partial charge in [-0.1, -0.05) is 13.8 Å². The fraction of sp³-hybridized carbons (Fsp3) is 0.909. The van der Waals surface area contributed by atoms with Gasteiger partial charge in [-0.05, 0) is 25.7 Å². The molecule has 82 valence electrons. The molecule has 14 heavy (non-hydrogen) atoms. The van der Waals surface area contributed by atoms with Crippen molar-refractivity contribution in [1.82, 2.24) is 4.90 Å². The van der Waals surface area contributed by atoms with Crippen LogP contribution in [0.4, 0.5) is 0 Å². The highest BCUT2D eigenvalue weighted by Crippen LogP contribution is 2.14. The Bertz CT molecular complexity index is 194. The van der Waals surface area contributed by atoms with Gasteiger partial charge in [-0.15, -0.1) is 0 Å². The highest BCUT2D eigenvalue weighted by Gasteiger charge is 2.22. The van der Waals surface area contributed by atoms with Crippen molar-refractivity contribution in [2.45, 2.75) is 45.6 Å². The Hall–Kier alpha value is -0.570. The number of carbonyl (C=O) groups excluding carboxylic acids is 1. The Balaban J connectivity index is 2.47. The Morgan fingerprint density at radius 1 is 1.50 bits per heavy atom. The molecular weight excluding hydrogens is 178 g/mol. The number of hydrogen-bond donors (Lipinski definition) is 1. The summed E-state index contributed by atoms with van der Waals surface area (Å²) in [4.78, 5) is 13.7. The number of likely N-dealkylation sites (tertiary alicyclic amines) is 1. The monoisotopic (exact) mass is 199 g/mol. The van der Waals surface area contributed by atoms with E-state index in [1.165, 1.54) is 0 Å². The van der Waals surface area contributed by atoms with Crippen LogP contribution in [0.25, 0.3) is 0 Å². The first kappa shape index (κ1) is 11.5. The average molecular weight is 199 g/mol. The molecule has 3 heteroatoms. The van der Waals surface area contributed by atoms with E-state index in [0.29, 0.717) is 0 Å². The molecule has 0 aliphatic carbocycles. The van der Waals surface area contributed by atoms with Gasteiger partial charge in [-0.25, -0.2) is 0 Å². The topological polar surface area (TPSA) is 40.5 Å². The molecule has 0 bridgehead atoms. The fourth-order valence-electron chi connectivity index (χ4n) is 1.79. The lowest BCUT2D eigenvalue weighted by molar-refractivity contribution is -0.135. The summed E-state index contributed by atoms with van der Waals surface area (Å²) in [5.74, 6) is 0.381. The Kier molecular flexibility index (Phi) is 4.39. The zero-order valence-corrected chi connectivity index (χ0v) is 9.20. The first-order chi connectivity index (χ1) is 6.65. The minimum atomic E-state index is -0.204. The summed E-state index contributed by atoms with van der Waals surface area (Å²) in [5.41, 5.74) is 0. The van der Waals surface area contributed by atoms with Crippen molar-refractivity contribution >= 4 is 5.91 Å². The van der Waals surface area contributed by atoms with Crippen LogP contribution in [0.3, 0.4) is 0 Å². The van der Waals surface area contributed by atoms with E-state index < -0.39 is 0 Å². The molecule has 1 saturated heterocycles. The predicted molar refractivity (Wildman–Crippen MR) is 55.9 cm³/mol. The summed E-state index contributed by atoms with van der Waals surface area (Å²) in [7, 11) is 0. The molecule has 0 aromatic rings. The highest BCUT2D eigenvalue weighted by atomic mass is 16.3. The molecule has 0 saturated carbocycles. The van der Waals surface area contributed by atoms with Crippen LogP contribution in [0.5, 0.6) is 0 Å². The van der Waals surface area contributed by atoms with E-state index in [-0.39, 0.29) is 17.9 Å². The van der Waals surface area contributed by atoms with Gasteiger partial charge in [-0.2, -0.15) is 0 Å². The molecule has 1 fully saturated rings. The van der Waals surface area contributed by atoms with Gasteiger partial charge in [0.15, 0.2) is 0 Å². The molecule has 0 spiro atoms. The molecule has 1 heterocycles.